The summed E-state index contributed by atoms with van der Waals surface area (Å²) >= 11 is 0. The van der Waals surface area contributed by atoms with Crippen LogP contribution < -0.4 is 0 Å². The lowest BCUT2D eigenvalue weighted by atomic mass is 9.39. The minimum absolute atomic E-state index is 0.0490. The number of allylic oxidation sites excluding steroid dienone is 4. The van der Waals surface area contributed by atoms with Crippen LogP contribution in [0.4, 0.5) is 0 Å². The third-order valence-corrected chi connectivity index (χ3v) is 11.6. The first kappa shape index (κ1) is 30.6. The first-order chi connectivity index (χ1) is 18.1. The van der Waals surface area contributed by atoms with E-state index < -0.39 is 62.6 Å². The van der Waals surface area contributed by atoms with Crippen molar-refractivity contribution in [2.75, 3.05) is 0 Å². The van der Waals surface area contributed by atoms with Gasteiger partial charge < -0.3 is 20.1 Å². The standard InChI is InChI=1S/C32H46O8/c1-17(33)40-27(2,3)13-12-23(36)32(9,39)25-21(35)15-29(6)22-11-10-18-19(14-20(34)26(38)28(18,4)5)31(22,8)24(37)16-30(25,29)7/h10,14,19,21-22,25,34-35,39H,11-13,15-16H2,1-9H3/t19-,21-,22+,25+,29+,30-,31+,32+/m1/s1. The highest BCUT2D eigenvalue weighted by molar-refractivity contribution is 6.02. The Kier molecular flexibility index (Phi) is 6.96. The fourth-order valence-electron chi connectivity index (χ4n) is 9.26. The molecule has 0 bridgehead atoms. The number of fused-ring (bicyclic) bond motifs is 5. The van der Waals surface area contributed by atoms with Gasteiger partial charge in [0.15, 0.2) is 11.5 Å². The molecule has 0 saturated heterocycles. The summed E-state index contributed by atoms with van der Waals surface area (Å²) < 4.78 is 5.31. The molecule has 0 unspecified atom stereocenters. The lowest BCUT2D eigenvalue weighted by Gasteiger charge is -2.63. The van der Waals surface area contributed by atoms with Crippen molar-refractivity contribution in [2.24, 2.45) is 39.4 Å². The van der Waals surface area contributed by atoms with Gasteiger partial charge in [0.25, 0.3) is 0 Å². The van der Waals surface area contributed by atoms with Gasteiger partial charge in [-0.1, -0.05) is 32.4 Å². The number of hydrogen-bond acceptors (Lipinski definition) is 8. The average molecular weight is 559 g/mol. The smallest absolute Gasteiger partial charge is 0.303 e. The summed E-state index contributed by atoms with van der Waals surface area (Å²) in [5, 5.41) is 33.9. The summed E-state index contributed by atoms with van der Waals surface area (Å²) in [7, 11) is 0. The van der Waals surface area contributed by atoms with E-state index >= 15 is 0 Å². The summed E-state index contributed by atoms with van der Waals surface area (Å²) in [4.78, 5) is 52.1. The van der Waals surface area contributed by atoms with Crippen LogP contribution in [0.1, 0.15) is 94.4 Å². The largest absolute Gasteiger partial charge is 0.505 e. The van der Waals surface area contributed by atoms with E-state index in [1.54, 1.807) is 27.7 Å². The van der Waals surface area contributed by atoms with Gasteiger partial charge in [-0.15, -0.1) is 0 Å². The van der Waals surface area contributed by atoms with Gasteiger partial charge in [-0.2, -0.15) is 0 Å². The second-order valence-electron chi connectivity index (χ2n) is 14.8. The Hall–Kier alpha value is -2.32. The van der Waals surface area contributed by atoms with Crippen LogP contribution in [0.3, 0.4) is 0 Å². The Balaban J connectivity index is 1.72. The Morgan fingerprint density at radius 1 is 1.07 bits per heavy atom. The molecule has 8 atom stereocenters. The molecule has 0 aromatic heterocycles. The Bertz CT molecular complexity index is 1220. The quantitative estimate of drug-likeness (QED) is 0.322. The van der Waals surface area contributed by atoms with Crippen molar-refractivity contribution in [1.82, 2.24) is 0 Å². The van der Waals surface area contributed by atoms with Crippen LogP contribution in [0.15, 0.2) is 23.5 Å². The Labute approximate surface area is 237 Å². The van der Waals surface area contributed by atoms with E-state index in [0.29, 0.717) is 12.8 Å². The normalized spacial score (nSPS) is 40.2. The monoisotopic (exact) mass is 558 g/mol. The van der Waals surface area contributed by atoms with Crippen LogP contribution in [0.5, 0.6) is 0 Å². The molecule has 4 rings (SSSR count). The fourth-order valence-corrected chi connectivity index (χ4v) is 9.26. The zero-order valence-corrected chi connectivity index (χ0v) is 25.4. The van der Waals surface area contributed by atoms with E-state index in [1.807, 2.05) is 19.9 Å². The van der Waals surface area contributed by atoms with Gasteiger partial charge in [0.1, 0.15) is 17.0 Å². The van der Waals surface area contributed by atoms with Gasteiger partial charge in [-0.05, 0) is 76.7 Å². The third-order valence-electron chi connectivity index (χ3n) is 11.6. The number of rotatable bonds is 6. The molecule has 2 saturated carbocycles. The van der Waals surface area contributed by atoms with Gasteiger partial charge in [-0.25, -0.2) is 0 Å². The maximum absolute atomic E-state index is 14.3. The molecule has 8 nitrogen and oxygen atoms in total. The predicted molar refractivity (Wildman–Crippen MR) is 148 cm³/mol. The van der Waals surface area contributed by atoms with Crippen molar-refractivity contribution in [2.45, 2.75) is 112 Å². The molecule has 0 aromatic carbocycles. The minimum Gasteiger partial charge on any atom is -0.505 e. The molecule has 0 amide bonds. The Morgan fingerprint density at radius 2 is 1.68 bits per heavy atom. The molecule has 2 fully saturated rings. The number of aliphatic hydroxyl groups excluding tert-OH is 2. The number of Topliss-reactive ketones (excluding diaryl/α,β-unsaturated/α-hetero) is 3. The maximum Gasteiger partial charge on any atom is 0.303 e. The topological polar surface area (TPSA) is 138 Å². The predicted octanol–water partition coefficient (Wildman–Crippen LogP) is 4.41. The molecule has 40 heavy (non-hydrogen) atoms. The second kappa shape index (κ2) is 9.09. The lowest BCUT2D eigenvalue weighted by Crippen LogP contribution is -2.64. The zero-order chi connectivity index (χ0) is 30.4. The fraction of sp³-hybridized carbons (Fsp3) is 0.750. The van der Waals surface area contributed by atoms with Crippen LogP contribution in [0.2, 0.25) is 0 Å². The van der Waals surface area contributed by atoms with Gasteiger partial charge in [-0.3, -0.25) is 19.2 Å². The van der Waals surface area contributed by atoms with E-state index in [1.165, 1.54) is 19.9 Å². The number of aliphatic hydroxyl groups is 3. The van der Waals surface area contributed by atoms with E-state index in [4.69, 9.17) is 4.74 Å². The summed E-state index contributed by atoms with van der Waals surface area (Å²) in [6, 6.07) is 0. The molecule has 4 aliphatic carbocycles. The highest BCUT2D eigenvalue weighted by Crippen LogP contribution is 2.73. The molecule has 0 aromatic rings. The molecule has 4 aliphatic rings. The maximum atomic E-state index is 14.3. The van der Waals surface area contributed by atoms with E-state index in [-0.39, 0.29) is 42.5 Å². The number of hydrogen-bond donors (Lipinski definition) is 3. The summed E-state index contributed by atoms with van der Waals surface area (Å²) in [6.07, 6.45) is 3.55. The van der Waals surface area contributed by atoms with E-state index in [2.05, 4.69) is 6.92 Å². The highest BCUT2D eigenvalue weighted by atomic mass is 16.6. The van der Waals surface area contributed by atoms with Gasteiger partial charge in [0, 0.05) is 37.0 Å². The van der Waals surface area contributed by atoms with Crippen molar-refractivity contribution in [1.29, 1.82) is 0 Å². The van der Waals surface area contributed by atoms with Crippen LogP contribution in [0, 0.1) is 39.4 Å². The molecule has 8 heteroatoms. The number of carbonyl (C=O) groups excluding carboxylic acids is 4. The molecule has 0 aliphatic heterocycles. The van der Waals surface area contributed by atoms with Gasteiger partial charge in [0.05, 0.1) is 11.5 Å². The summed E-state index contributed by atoms with van der Waals surface area (Å²) in [5.41, 5.74) is -5.36. The van der Waals surface area contributed by atoms with Crippen LogP contribution in [-0.4, -0.2) is 55.9 Å². The molecule has 0 radical (unpaired) electrons. The molecule has 222 valence electrons. The molecule has 0 heterocycles. The molecule has 3 N–H and O–H groups in total. The van der Waals surface area contributed by atoms with Crippen molar-refractivity contribution in [3.63, 3.8) is 0 Å². The van der Waals surface area contributed by atoms with E-state index in [0.717, 1.165) is 5.57 Å². The lowest BCUT2D eigenvalue weighted by molar-refractivity contribution is -0.181. The molecule has 0 spiro atoms. The van der Waals surface area contributed by atoms with Crippen LogP contribution in [-0.2, 0) is 23.9 Å². The zero-order valence-electron chi connectivity index (χ0n) is 25.4. The highest BCUT2D eigenvalue weighted by Gasteiger charge is 2.74. The SMILES string of the molecule is CC(=O)OC(C)(C)CCC(=O)[C@](C)(O)[C@H]1[C@H](O)C[C@@]2(C)[C@@H]3CC=C4[C@@H](C=C(O)C(=O)C4(C)C)[C@]3(C)C(=O)C[C@]12C. The van der Waals surface area contributed by atoms with Crippen LogP contribution in [0.25, 0.3) is 0 Å². The number of ether oxygens (including phenoxy) is 1. The minimum atomic E-state index is -1.92. The van der Waals surface area contributed by atoms with Crippen molar-refractivity contribution in [3.05, 3.63) is 23.5 Å². The Morgan fingerprint density at radius 3 is 2.25 bits per heavy atom. The number of ketones is 3. The summed E-state index contributed by atoms with van der Waals surface area (Å²) in [6.45, 7) is 15.6. The van der Waals surface area contributed by atoms with Gasteiger partial charge in [0.2, 0.25) is 5.78 Å². The van der Waals surface area contributed by atoms with Crippen molar-refractivity contribution < 1.29 is 39.2 Å². The average Bonchev–Trinajstić information content (AvgIpc) is 3.01. The van der Waals surface area contributed by atoms with Crippen molar-refractivity contribution in [3.8, 4) is 0 Å². The number of carbonyl (C=O) groups is 4. The van der Waals surface area contributed by atoms with Gasteiger partial charge >= 0.3 is 5.97 Å². The number of esters is 1. The first-order valence-electron chi connectivity index (χ1n) is 14.4. The van der Waals surface area contributed by atoms with E-state index in [9.17, 15) is 34.5 Å². The molecular formula is C32H46O8. The molecular weight excluding hydrogens is 512 g/mol. The third kappa shape index (κ3) is 4.07. The van der Waals surface area contributed by atoms with Crippen LogP contribution >= 0.6 is 0 Å². The first-order valence-corrected chi connectivity index (χ1v) is 14.4. The van der Waals surface area contributed by atoms with Crippen molar-refractivity contribution >= 4 is 23.3 Å². The second-order valence-corrected chi connectivity index (χ2v) is 14.8. The summed E-state index contributed by atoms with van der Waals surface area (Å²) in [5.74, 6) is -3.26.